The number of nitrogens with one attached hydrogen (secondary N) is 1. The van der Waals surface area contributed by atoms with Crippen molar-refractivity contribution in [3.63, 3.8) is 0 Å². The number of benzene rings is 2. The van der Waals surface area contributed by atoms with Crippen molar-refractivity contribution in [2.45, 2.75) is 30.2 Å². The van der Waals surface area contributed by atoms with Crippen LogP contribution in [0.1, 0.15) is 11.3 Å². The summed E-state index contributed by atoms with van der Waals surface area (Å²) in [4.78, 5) is 25.7. The maximum Gasteiger partial charge on any atom is 0.270 e. The van der Waals surface area contributed by atoms with E-state index in [1.807, 2.05) is 0 Å². The fourth-order valence-corrected chi connectivity index (χ4v) is 5.23. The van der Waals surface area contributed by atoms with Crippen molar-refractivity contribution in [1.82, 2.24) is 4.57 Å². The molecular formula is C23H23BrN2O6S. The molecule has 10 heteroatoms. The highest BCUT2D eigenvalue weighted by atomic mass is 79.9. The van der Waals surface area contributed by atoms with E-state index in [1.165, 1.54) is 26.4 Å². The number of ether oxygens (including phenoxy) is 2. The molecule has 2 aromatic carbocycles. The van der Waals surface area contributed by atoms with Crippen LogP contribution in [0.2, 0.25) is 0 Å². The molecule has 3 rings (SSSR count). The number of carbonyl (C=O) groups is 1. The van der Waals surface area contributed by atoms with Crippen molar-refractivity contribution in [2.24, 2.45) is 0 Å². The van der Waals surface area contributed by atoms with Gasteiger partial charge in [-0.25, -0.2) is 8.42 Å². The molecule has 0 bridgehead atoms. The second-order valence-corrected chi connectivity index (χ2v) is 10.1. The monoisotopic (exact) mass is 534 g/mol. The van der Waals surface area contributed by atoms with Crippen molar-refractivity contribution in [3.05, 3.63) is 74.6 Å². The highest BCUT2D eigenvalue weighted by Gasteiger charge is 2.26. The lowest BCUT2D eigenvalue weighted by atomic mass is 10.2. The van der Waals surface area contributed by atoms with Gasteiger partial charge in [0.15, 0.2) is 0 Å². The Morgan fingerprint density at radius 1 is 1.03 bits per heavy atom. The third-order valence-electron chi connectivity index (χ3n) is 5.02. The predicted octanol–water partition coefficient (Wildman–Crippen LogP) is 3.72. The zero-order valence-electron chi connectivity index (χ0n) is 18.5. The number of anilines is 1. The molecule has 0 unspecified atom stereocenters. The van der Waals surface area contributed by atoms with Gasteiger partial charge in [0.05, 0.1) is 24.8 Å². The number of hydrogen-bond acceptors (Lipinski definition) is 6. The molecular weight excluding hydrogens is 512 g/mol. The molecule has 0 spiro atoms. The number of rotatable bonds is 7. The Morgan fingerprint density at radius 3 is 2.30 bits per heavy atom. The Labute approximate surface area is 200 Å². The topological polar surface area (TPSA) is 104 Å². The maximum atomic E-state index is 13.3. The van der Waals surface area contributed by atoms with Crippen LogP contribution in [-0.4, -0.2) is 33.1 Å². The van der Waals surface area contributed by atoms with Gasteiger partial charge in [0.25, 0.3) is 5.56 Å². The van der Waals surface area contributed by atoms with Gasteiger partial charge in [0.2, 0.25) is 15.7 Å². The van der Waals surface area contributed by atoms with Crippen LogP contribution in [0.5, 0.6) is 11.5 Å². The molecule has 8 nitrogen and oxygen atoms in total. The van der Waals surface area contributed by atoms with E-state index in [0.29, 0.717) is 32.9 Å². The minimum Gasteiger partial charge on any atom is -0.497 e. The van der Waals surface area contributed by atoms with E-state index in [9.17, 15) is 18.0 Å². The van der Waals surface area contributed by atoms with Gasteiger partial charge in [-0.05, 0) is 61.9 Å². The van der Waals surface area contributed by atoms with Crippen LogP contribution in [0.15, 0.2) is 67.6 Å². The van der Waals surface area contributed by atoms with Gasteiger partial charge < -0.3 is 19.4 Å². The van der Waals surface area contributed by atoms with Crippen LogP contribution < -0.4 is 20.3 Å². The number of hydrogen-bond donors (Lipinski definition) is 1. The normalized spacial score (nSPS) is 11.2. The minimum absolute atomic E-state index is 0.00753. The zero-order chi connectivity index (χ0) is 24.3. The van der Waals surface area contributed by atoms with E-state index in [-0.39, 0.29) is 16.3 Å². The number of sulfone groups is 1. The summed E-state index contributed by atoms with van der Waals surface area (Å²) < 4.78 is 38.7. The summed E-state index contributed by atoms with van der Waals surface area (Å²) in [6, 6.07) is 12.5. The molecule has 1 aromatic heterocycles. The quantitative estimate of drug-likeness (QED) is 0.495. The molecule has 1 amide bonds. The molecule has 0 aliphatic heterocycles. The molecule has 174 valence electrons. The molecule has 33 heavy (non-hydrogen) atoms. The van der Waals surface area contributed by atoms with Gasteiger partial charge in [-0.1, -0.05) is 15.9 Å². The number of methoxy groups -OCH3 is 2. The summed E-state index contributed by atoms with van der Waals surface area (Å²) in [5.41, 5.74) is 0.372. The number of carbonyl (C=O) groups excluding carboxylic acids is 1. The summed E-state index contributed by atoms with van der Waals surface area (Å²) in [5, 5.41) is 2.69. The zero-order valence-corrected chi connectivity index (χ0v) is 20.9. The summed E-state index contributed by atoms with van der Waals surface area (Å²) >= 11 is 3.27. The first-order valence-electron chi connectivity index (χ1n) is 9.82. The maximum absolute atomic E-state index is 13.3. The SMILES string of the molecule is COc1ccc(OC)c(NC(=O)Cn2c(C)cc(C)c(S(=O)(=O)c3ccc(Br)cc3)c2=O)c1. The number of halogens is 1. The summed E-state index contributed by atoms with van der Waals surface area (Å²) in [6.45, 7) is 2.82. The van der Waals surface area contributed by atoms with Gasteiger partial charge in [0.1, 0.15) is 22.9 Å². The van der Waals surface area contributed by atoms with Gasteiger partial charge >= 0.3 is 0 Å². The van der Waals surface area contributed by atoms with Gasteiger partial charge in [-0.2, -0.15) is 0 Å². The van der Waals surface area contributed by atoms with Crippen LogP contribution in [0.4, 0.5) is 5.69 Å². The van der Waals surface area contributed by atoms with Crippen LogP contribution in [-0.2, 0) is 21.2 Å². The molecule has 0 aliphatic carbocycles. The van der Waals surface area contributed by atoms with E-state index in [4.69, 9.17) is 9.47 Å². The average Bonchev–Trinajstić information content (AvgIpc) is 2.76. The highest BCUT2D eigenvalue weighted by molar-refractivity contribution is 9.10. The van der Waals surface area contributed by atoms with Gasteiger partial charge in [0, 0.05) is 16.2 Å². The van der Waals surface area contributed by atoms with E-state index in [2.05, 4.69) is 21.2 Å². The van der Waals surface area contributed by atoms with Crippen LogP contribution in [0, 0.1) is 13.8 Å². The van der Waals surface area contributed by atoms with Crippen molar-refractivity contribution in [3.8, 4) is 11.5 Å². The summed E-state index contributed by atoms with van der Waals surface area (Å²) in [6.07, 6.45) is 0. The van der Waals surface area contributed by atoms with Gasteiger partial charge in [-0.3, -0.25) is 9.59 Å². The summed E-state index contributed by atoms with van der Waals surface area (Å²) in [7, 11) is -1.13. The standard InChI is InChI=1S/C23H23BrN2O6S/c1-14-11-15(2)26(13-21(27)25-19-12-17(31-3)7-10-20(19)32-4)23(28)22(14)33(29,30)18-8-5-16(24)6-9-18/h5-12H,13H2,1-4H3,(H,25,27). The van der Waals surface area contributed by atoms with Crippen molar-refractivity contribution < 1.29 is 22.7 Å². The fourth-order valence-electron chi connectivity index (χ4n) is 3.41. The number of aromatic nitrogens is 1. The second-order valence-electron chi connectivity index (χ2n) is 7.26. The molecule has 0 aliphatic rings. The minimum atomic E-state index is -4.09. The molecule has 0 fully saturated rings. The lowest BCUT2D eigenvalue weighted by Gasteiger charge is -2.16. The lowest BCUT2D eigenvalue weighted by molar-refractivity contribution is -0.116. The van der Waals surface area contributed by atoms with Gasteiger partial charge in [-0.15, -0.1) is 0 Å². The van der Waals surface area contributed by atoms with Crippen molar-refractivity contribution >= 4 is 37.4 Å². The molecule has 0 radical (unpaired) electrons. The van der Waals surface area contributed by atoms with Crippen LogP contribution in [0.3, 0.4) is 0 Å². The van der Waals surface area contributed by atoms with E-state index < -0.39 is 21.3 Å². The number of aryl methyl sites for hydroxylation is 2. The highest BCUT2D eigenvalue weighted by Crippen LogP contribution is 2.29. The fraction of sp³-hybridized carbons (Fsp3) is 0.217. The van der Waals surface area contributed by atoms with E-state index in [0.717, 1.165) is 4.57 Å². The molecule has 1 N–H and O–H groups in total. The predicted molar refractivity (Wildman–Crippen MR) is 128 cm³/mol. The number of pyridine rings is 1. The Kier molecular flexibility index (Phi) is 7.28. The molecule has 3 aromatic rings. The second kappa shape index (κ2) is 9.80. The first-order chi connectivity index (χ1) is 15.6. The number of amides is 1. The Bertz CT molecular complexity index is 1360. The van der Waals surface area contributed by atoms with E-state index in [1.54, 1.807) is 50.2 Å². The van der Waals surface area contributed by atoms with E-state index >= 15 is 0 Å². The smallest absolute Gasteiger partial charge is 0.270 e. The Balaban J connectivity index is 1.99. The third kappa shape index (κ3) is 5.12. The summed E-state index contributed by atoms with van der Waals surface area (Å²) in [5.74, 6) is 0.399. The van der Waals surface area contributed by atoms with Crippen molar-refractivity contribution in [2.75, 3.05) is 19.5 Å². The largest absolute Gasteiger partial charge is 0.497 e. The Morgan fingerprint density at radius 2 is 1.70 bits per heavy atom. The molecule has 0 saturated carbocycles. The molecule has 0 atom stereocenters. The van der Waals surface area contributed by atoms with Crippen LogP contribution >= 0.6 is 15.9 Å². The van der Waals surface area contributed by atoms with Crippen molar-refractivity contribution in [1.29, 1.82) is 0 Å². The lowest BCUT2D eigenvalue weighted by Crippen LogP contribution is -2.33. The molecule has 0 saturated heterocycles. The number of nitrogens with zero attached hydrogens (tertiary/aromatic N) is 1. The third-order valence-corrected chi connectivity index (χ3v) is 7.48. The van der Waals surface area contributed by atoms with Crippen LogP contribution in [0.25, 0.3) is 0 Å². The first kappa shape index (κ1) is 24.5. The first-order valence-corrected chi connectivity index (χ1v) is 12.1. The molecule has 1 heterocycles. The average molecular weight is 535 g/mol. The Hall–Kier alpha value is -3.11.